The summed E-state index contributed by atoms with van der Waals surface area (Å²) < 4.78 is 5.34. The number of piperidine rings is 1. The topological polar surface area (TPSA) is 83.1 Å². The van der Waals surface area contributed by atoms with Gasteiger partial charge in [-0.05, 0) is 43.9 Å². The third kappa shape index (κ3) is 3.56. The molecule has 24 heavy (non-hydrogen) atoms. The second-order valence-corrected chi connectivity index (χ2v) is 6.01. The summed E-state index contributed by atoms with van der Waals surface area (Å²) in [5, 5.41) is 9.79. The summed E-state index contributed by atoms with van der Waals surface area (Å²) in [4.78, 5) is 18.8. The van der Waals surface area contributed by atoms with Crippen LogP contribution in [0.25, 0.3) is 0 Å². The molecular formula is C17H23N5O2. The van der Waals surface area contributed by atoms with E-state index < -0.39 is 0 Å². The molecule has 2 N–H and O–H groups in total. The highest BCUT2D eigenvalue weighted by Crippen LogP contribution is 2.29. The molecule has 2 amide bonds. The summed E-state index contributed by atoms with van der Waals surface area (Å²) in [6, 6.07) is 7.57. The number of urea groups is 1. The molecule has 0 bridgehead atoms. The van der Waals surface area contributed by atoms with Crippen LogP contribution in [0, 0.1) is 0 Å². The van der Waals surface area contributed by atoms with Gasteiger partial charge in [0.15, 0.2) is 0 Å². The number of likely N-dealkylation sites (tertiary alicyclic amines) is 1. The van der Waals surface area contributed by atoms with Gasteiger partial charge in [-0.15, -0.1) is 0 Å². The van der Waals surface area contributed by atoms with E-state index in [9.17, 15) is 4.79 Å². The summed E-state index contributed by atoms with van der Waals surface area (Å²) in [5.41, 5.74) is 1.80. The minimum atomic E-state index is -0.113. The Bertz CT molecular complexity index is 673. The highest BCUT2D eigenvalue weighted by Gasteiger charge is 2.30. The van der Waals surface area contributed by atoms with Gasteiger partial charge in [-0.2, -0.15) is 5.10 Å². The standard InChI is InChI=1S/C17H23N5O2/c1-12(24-2)13-6-5-7-14(10-13)20-17(23)22-9-4-3-8-15(22)16-18-11-19-21-16/h5-7,10-12,15H,3-4,8-9H2,1-2H3,(H,20,23)(H,18,19,21)/t12-,15-/m1/s1. The first-order valence-electron chi connectivity index (χ1n) is 8.24. The molecule has 2 heterocycles. The molecule has 1 aromatic carbocycles. The third-order valence-corrected chi connectivity index (χ3v) is 4.47. The molecule has 3 rings (SSSR count). The zero-order valence-electron chi connectivity index (χ0n) is 14.0. The van der Waals surface area contributed by atoms with Crippen LogP contribution in [0.4, 0.5) is 10.5 Å². The Morgan fingerprint density at radius 2 is 2.33 bits per heavy atom. The zero-order valence-corrected chi connectivity index (χ0v) is 14.0. The number of hydrogen-bond donors (Lipinski definition) is 2. The number of rotatable bonds is 4. The number of aromatic nitrogens is 3. The number of aromatic amines is 1. The number of carbonyl (C=O) groups is 1. The summed E-state index contributed by atoms with van der Waals surface area (Å²) in [5.74, 6) is 0.742. The van der Waals surface area contributed by atoms with Crippen molar-refractivity contribution in [3.8, 4) is 0 Å². The first kappa shape index (κ1) is 16.4. The summed E-state index contributed by atoms with van der Waals surface area (Å²) in [7, 11) is 1.67. The van der Waals surface area contributed by atoms with Gasteiger partial charge in [0.05, 0.1) is 12.1 Å². The summed E-state index contributed by atoms with van der Waals surface area (Å²) in [6.07, 6.45) is 4.44. The number of H-pyrrole nitrogens is 1. The van der Waals surface area contributed by atoms with Crippen molar-refractivity contribution >= 4 is 11.7 Å². The van der Waals surface area contributed by atoms with Gasteiger partial charge in [0.2, 0.25) is 0 Å². The van der Waals surface area contributed by atoms with E-state index in [2.05, 4.69) is 20.5 Å². The van der Waals surface area contributed by atoms with E-state index >= 15 is 0 Å². The first-order chi connectivity index (χ1) is 11.7. The monoisotopic (exact) mass is 329 g/mol. The van der Waals surface area contributed by atoms with Gasteiger partial charge in [-0.3, -0.25) is 5.10 Å². The highest BCUT2D eigenvalue weighted by atomic mass is 16.5. The van der Waals surface area contributed by atoms with E-state index in [1.165, 1.54) is 6.33 Å². The van der Waals surface area contributed by atoms with Crippen molar-refractivity contribution in [2.24, 2.45) is 0 Å². The van der Waals surface area contributed by atoms with Crippen molar-refractivity contribution in [2.75, 3.05) is 19.0 Å². The Labute approximate surface area is 141 Å². The van der Waals surface area contributed by atoms with E-state index in [1.54, 1.807) is 7.11 Å². The maximum atomic E-state index is 12.7. The molecule has 7 nitrogen and oxygen atoms in total. The van der Waals surface area contributed by atoms with Crippen LogP contribution in [0.15, 0.2) is 30.6 Å². The van der Waals surface area contributed by atoms with Crippen LogP contribution in [0.5, 0.6) is 0 Å². The maximum absolute atomic E-state index is 12.7. The van der Waals surface area contributed by atoms with Gasteiger partial charge >= 0.3 is 6.03 Å². The van der Waals surface area contributed by atoms with Crippen LogP contribution in [0.2, 0.25) is 0 Å². The van der Waals surface area contributed by atoms with Gasteiger partial charge in [0.1, 0.15) is 12.2 Å². The normalized spacial score (nSPS) is 19.1. The van der Waals surface area contributed by atoms with E-state index in [-0.39, 0.29) is 18.2 Å². The van der Waals surface area contributed by atoms with Gasteiger partial charge < -0.3 is 15.0 Å². The van der Waals surface area contributed by atoms with E-state index in [0.29, 0.717) is 6.54 Å². The minimum absolute atomic E-state index is 0.0150. The molecule has 128 valence electrons. The maximum Gasteiger partial charge on any atom is 0.322 e. The molecule has 0 unspecified atom stereocenters. The van der Waals surface area contributed by atoms with Crippen LogP contribution in [-0.2, 0) is 4.74 Å². The van der Waals surface area contributed by atoms with Crippen molar-refractivity contribution in [1.82, 2.24) is 20.1 Å². The number of carbonyl (C=O) groups excluding carboxylic acids is 1. The Balaban J connectivity index is 1.73. The molecule has 2 aromatic rings. The second kappa shape index (κ2) is 7.44. The Hall–Kier alpha value is -2.41. The van der Waals surface area contributed by atoms with Gasteiger partial charge in [0.25, 0.3) is 0 Å². The lowest BCUT2D eigenvalue weighted by atomic mass is 10.0. The molecule has 1 aromatic heterocycles. The Kier molecular flexibility index (Phi) is 5.10. The van der Waals surface area contributed by atoms with Gasteiger partial charge in [0, 0.05) is 19.3 Å². The highest BCUT2D eigenvalue weighted by molar-refractivity contribution is 5.89. The molecule has 1 fully saturated rings. The lowest BCUT2D eigenvalue weighted by Gasteiger charge is -2.34. The quantitative estimate of drug-likeness (QED) is 0.902. The first-order valence-corrected chi connectivity index (χ1v) is 8.24. The zero-order chi connectivity index (χ0) is 16.9. The lowest BCUT2D eigenvalue weighted by Crippen LogP contribution is -2.41. The minimum Gasteiger partial charge on any atom is -0.377 e. The average molecular weight is 329 g/mol. The third-order valence-electron chi connectivity index (χ3n) is 4.47. The molecular weight excluding hydrogens is 306 g/mol. The van der Waals surface area contributed by atoms with Crippen molar-refractivity contribution in [1.29, 1.82) is 0 Å². The number of amides is 2. The number of benzene rings is 1. The molecule has 1 aliphatic rings. The summed E-state index contributed by atoms with van der Waals surface area (Å²) >= 11 is 0. The molecule has 0 saturated carbocycles. The van der Waals surface area contributed by atoms with Crippen LogP contribution < -0.4 is 5.32 Å². The number of methoxy groups -OCH3 is 1. The number of nitrogens with one attached hydrogen (secondary N) is 2. The number of ether oxygens (including phenoxy) is 1. The van der Waals surface area contributed by atoms with Crippen LogP contribution in [0.1, 0.15) is 49.7 Å². The lowest BCUT2D eigenvalue weighted by molar-refractivity contribution is 0.119. The van der Waals surface area contributed by atoms with E-state index in [0.717, 1.165) is 36.3 Å². The molecule has 0 spiro atoms. The largest absolute Gasteiger partial charge is 0.377 e. The van der Waals surface area contributed by atoms with E-state index in [4.69, 9.17) is 4.74 Å². The molecule has 7 heteroatoms. The number of hydrogen-bond acceptors (Lipinski definition) is 4. The summed E-state index contributed by atoms with van der Waals surface area (Å²) in [6.45, 7) is 2.69. The van der Waals surface area contributed by atoms with E-state index in [1.807, 2.05) is 36.1 Å². The molecule has 1 saturated heterocycles. The fourth-order valence-electron chi connectivity index (χ4n) is 3.04. The molecule has 2 atom stereocenters. The number of nitrogens with zero attached hydrogens (tertiary/aromatic N) is 3. The predicted octanol–water partition coefficient (Wildman–Crippen LogP) is 3.27. The fraction of sp³-hybridized carbons (Fsp3) is 0.471. The van der Waals surface area contributed by atoms with Crippen LogP contribution in [0.3, 0.4) is 0 Å². The smallest absolute Gasteiger partial charge is 0.322 e. The van der Waals surface area contributed by atoms with Crippen molar-refractivity contribution in [3.63, 3.8) is 0 Å². The Morgan fingerprint density at radius 1 is 1.46 bits per heavy atom. The second-order valence-electron chi connectivity index (χ2n) is 6.01. The Morgan fingerprint density at radius 3 is 3.08 bits per heavy atom. The average Bonchev–Trinajstić information content (AvgIpc) is 3.15. The predicted molar refractivity (Wildman–Crippen MR) is 90.6 cm³/mol. The molecule has 0 aliphatic carbocycles. The number of anilines is 1. The van der Waals surface area contributed by atoms with Crippen molar-refractivity contribution in [2.45, 2.75) is 38.3 Å². The molecule has 0 radical (unpaired) electrons. The van der Waals surface area contributed by atoms with Crippen LogP contribution >= 0.6 is 0 Å². The van der Waals surface area contributed by atoms with Crippen LogP contribution in [-0.4, -0.2) is 39.8 Å². The van der Waals surface area contributed by atoms with Crippen molar-refractivity contribution in [3.05, 3.63) is 42.0 Å². The SMILES string of the molecule is CO[C@H](C)c1cccc(NC(=O)N2CCCC[C@@H]2c2ncn[nH]2)c1. The van der Waals surface area contributed by atoms with Gasteiger partial charge in [-0.1, -0.05) is 12.1 Å². The van der Waals surface area contributed by atoms with Gasteiger partial charge in [-0.25, -0.2) is 9.78 Å². The van der Waals surface area contributed by atoms with Crippen molar-refractivity contribution < 1.29 is 9.53 Å². The fourth-order valence-corrected chi connectivity index (χ4v) is 3.04. The molecule has 1 aliphatic heterocycles.